The average Bonchev–Trinajstić information content (AvgIpc) is 2.70. The number of Topliss-reactive ketones (excluding diaryl/α,β-unsaturated/α-hetero) is 1. The lowest BCUT2D eigenvalue weighted by Crippen LogP contribution is -2.20. The van der Waals surface area contributed by atoms with Crippen LogP contribution in [0.4, 0.5) is 0 Å². The van der Waals surface area contributed by atoms with Gasteiger partial charge in [-0.15, -0.1) is 0 Å². The molecule has 0 aromatic carbocycles. The van der Waals surface area contributed by atoms with Gasteiger partial charge in [0.05, 0.1) is 6.61 Å². The quantitative estimate of drug-likeness (QED) is 0.661. The van der Waals surface area contributed by atoms with Crippen LogP contribution in [0.25, 0.3) is 0 Å². The summed E-state index contributed by atoms with van der Waals surface area (Å²) in [5.41, 5.74) is 1.66. The van der Waals surface area contributed by atoms with Crippen LogP contribution in [-0.4, -0.2) is 21.9 Å². The number of aryl methyl sites for hydroxylation is 1. The molecule has 6 heteroatoms. The molecule has 94 valence electrons. The Balaban J connectivity index is 2.25. The van der Waals surface area contributed by atoms with Crippen LogP contribution in [0.2, 0.25) is 0 Å². The summed E-state index contributed by atoms with van der Waals surface area (Å²) in [6, 6.07) is 1.82. The molecule has 2 rings (SSSR count). The number of fused-ring (bicyclic) bond motifs is 1. The standard InChI is InChI=1S/C11H16NO4P/c1-8(13)10-4-6-12-5-2-3-9(11(10)12)7-16-17(14)15/h4,6,9,17H,2-3,5,7H2,1H3,(H,14,15). The minimum absolute atomic E-state index is 0.0299. The first kappa shape index (κ1) is 12.6. The molecule has 17 heavy (non-hydrogen) atoms. The molecule has 0 amide bonds. The van der Waals surface area contributed by atoms with Gasteiger partial charge in [-0.1, -0.05) is 0 Å². The Kier molecular flexibility index (Phi) is 3.82. The maximum atomic E-state index is 11.5. The fourth-order valence-corrected chi connectivity index (χ4v) is 2.75. The zero-order chi connectivity index (χ0) is 12.4. The molecule has 1 N–H and O–H groups in total. The van der Waals surface area contributed by atoms with Crippen molar-refractivity contribution in [2.24, 2.45) is 0 Å². The summed E-state index contributed by atoms with van der Waals surface area (Å²) in [6.45, 7) is 2.64. The van der Waals surface area contributed by atoms with Gasteiger partial charge in [0.2, 0.25) is 0 Å². The van der Waals surface area contributed by atoms with E-state index in [1.165, 1.54) is 6.92 Å². The normalized spacial score (nSPS) is 20.9. The van der Waals surface area contributed by atoms with Gasteiger partial charge in [-0.3, -0.25) is 9.36 Å². The summed E-state index contributed by atoms with van der Waals surface area (Å²) in [5.74, 6) is 0.0704. The third-order valence-corrected chi connectivity index (χ3v) is 3.55. The van der Waals surface area contributed by atoms with E-state index in [0.717, 1.165) is 25.1 Å². The van der Waals surface area contributed by atoms with Gasteiger partial charge >= 0.3 is 8.25 Å². The number of nitrogens with zero attached hydrogens (tertiary/aromatic N) is 1. The van der Waals surface area contributed by atoms with Crippen LogP contribution in [0.15, 0.2) is 12.3 Å². The molecule has 1 aromatic heterocycles. The minimum Gasteiger partial charge on any atom is -0.350 e. The van der Waals surface area contributed by atoms with E-state index in [1.54, 1.807) is 0 Å². The highest BCUT2D eigenvalue weighted by molar-refractivity contribution is 7.32. The number of carbonyl (C=O) groups is 1. The lowest BCUT2D eigenvalue weighted by molar-refractivity contribution is 0.101. The first-order chi connectivity index (χ1) is 8.09. The fraction of sp³-hybridized carbons (Fsp3) is 0.545. The number of ketones is 1. The summed E-state index contributed by atoms with van der Waals surface area (Å²) < 4.78 is 17.5. The van der Waals surface area contributed by atoms with Crippen LogP contribution in [0.3, 0.4) is 0 Å². The topological polar surface area (TPSA) is 68.5 Å². The number of rotatable bonds is 4. The number of aromatic nitrogens is 1. The Bertz CT molecular complexity index is 454. The smallest absolute Gasteiger partial charge is 0.316 e. The van der Waals surface area contributed by atoms with Crippen molar-refractivity contribution in [3.05, 3.63) is 23.5 Å². The summed E-state index contributed by atoms with van der Waals surface area (Å²) in [4.78, 5) is 20.2. The number of carbonyl (C=O) groups excluding carboxylic acids is 1. The molecule has 0 saturated heterocycles. The molecular formula is C11H16NO4P. The van der Waals surface area contributed by atoms with Crippen molar-refractivity contribution in [2.75, 3.05) is 6.61 Å². The van der Waals surface area contributed by atoms with Gasteiger partial charge in [0.15, 0.2) is 5.78 Å². The average molecular weight is 257 g/mol. The van der Waals surface area contributed by atoms with E-state index in [-0.39, 0.29) is 18.3 Å². The van der Waals surface area contributed by atoms with E-state index in [0.29, 0.717) is 5.56 Å². The second kappa shape index (κ2) is 5.17. The van der Waals surface area contributed by atoms with Crippen molar-refractivity contribution in [3.8, 4) is 0 Å². The lowest BCUT2D eigenvalue weighted by atomic mass is 9.93. The third-order valence-electron chi connectivity index (χ3n) is 3.13. The second-order valence-corrected chi connectivity index (χ2v) is 5.10. The maximum Gasteiger partial charge on any atom is 0.316 e. The molecule has 1 aliphatic heterocycles. The zero-order valence-electron chi connectivity index (χ0n) is 9.68. The van der Waals surface area contributed by atoms with Crippen LogP contribution >= 0.6 is 8.25 Å². The minimum atomic E-state index is -2.90. The Morgan fingerprint density at radius 2 is 2.47 bits per heavy atom. The lowest BCUT2D eigenvalue weighted by Gasteiger charge is -2.25. The number of hydrogen-bond acceptors (Lipinski definition) is 3. The largest absolute Gasteiger partial charge is 0.350 e. The van der Waals surface area contributed by atoms with E-state index in [9.17, 15) is 9.36 Å². The first-order valence-electron chi connectivity index (χ1n) is 5.65. The van der Waals surface area contributed by atoms with E-state index in [4.69, 9.17) is 9.42 Å². The molecule has 2 unspecified atom stereocenters. The maximum absolute atomic E-state index is 11.5. The van der Waals surface area contributed by atoms with E-state index < -0.39 is 8.25 Å². The first-order valence-corrected chi connectivity index (χ1v) is 6.91. The second-order valence-electron chi connectivity index (χ2n) is 4.28. The molecule has 0 radical (unpaired) electrons. The third kappa shape index (κ3) is 2.68. The summed E-state index contributed by atoms with van der Waals surface area (Å²) in [5, 5.41) is 0. The fourth-order valence-electron chi connectivity index (χ4n) is 2.41. The molecular weight excluding hydrogens is 241 g/mol. The van der Waals surface area contributed by atoms with Crippen molar-refractivity contribution >= 4 is 14.0 Å². The monoisotopic (exact) mass is 257 g/mol. The Hall–Kier alpha value is -0.900. The van der Waals surface area contributed by atoms with Crippen molar-refractivity contribution in [3.63, 3.8) is 0 Å². The van der Waals surface area contributed by atoms with Gasteiger partial charge in [-0.05, 0) is 25.8 Å². The highest BCUT2D eigenvalue weighted by Crippen LogP contribution is 2.33. The molecule has 0 spiro atoms. The van der Waals surface area contributed by atoms with Gasteiger partial charge < -0.3 is 14.0 Å². The van der Waals surface area contributed by atoms with Crippen LogP contribution < -0.4 is 0 Å². The predicted molar refractivity (Wildman–Crippen MR) is 63.6 cm³/mol. The Morgan fingerprint density at radius 3 is 3.12 bits per heavy atom. The molecule has 0 saturated carbocycles. The van der Waals surface area contributed by atoms with Crippen molar-refractivity contribution in [2.45, 2.75) is 32.2 Å². The molecule has 0 bridgehead atoms. The molecule has 1 aromatic rings. The molecule has 2 heterocycles. The van der Waals surface area contributed by atoms with Gasteiger partial charge in [0, 0.05) is 29.9 Å². The zero-order valence-corrected chi connectivity index (χ0v) is 10.7. The van der Waals surface area contributed by atoms with Crippen molar-refractivity contribution < 1.29 is 18.8 Å². The predicted octanol–water partition coefficient (Wildman–Crippen LogP) is 1.97. The van der Waals surface area contributed by atoms with E-state index >= 15 is 0 Å². The Labute approximate surface area is 100 Å². The van der Waals surface area contributed by atoms with E-state index in [2.05, 4.69) is 0 Å². The van der Waals surface area contributed by atoms with E-state index in [1.807, 2.05) is 16.8 Å². The highest BCUT2D eigenvalue weighted by Gasteiger charge is 2.25. The molecule has 5 nitrogen and oxygen atoms in total. The Morgan fingerprint density at radius 1 is 1.71 bits per heavy atom. The van der Waals surface area contributed by atoms with Gasteiger partial charge in [0.25, 0.3) is 0 Å². The van der Waals surface area contributed by atoms with Crippen LogP contribution in [0.5, 0.6) is 0 Å². The molecule has 1 aliphatic rings. The summed E-state index contributed by atoms with van der Waals surface area (Å²) in [7, 11) is -2.90. The van der Waals surface area contributed by atoms with Gasteiger partial charge in [0.1, 0.15) is 0 Å². The highest BCUT2D eigenvalue weighted by atomic mass is 31.1. The SMILES string of the molecule is CC(=O)c1ccn2c1C(CO[PH](=O)O)CCC2. The summed E-state index contributed by atoms with van der Waals surface area (Å²) >= 11 is 0. The van der Waals surface area contributed by atoms with Crippen LogP contribution in [0.1, 0.15) is 41.7 Å². The van der Waals surface area contributed by atoms with Gasteiger partial charge in [-0.25, -0.2) is 0 Å². The number of hydrogen-bond donors (Lipinski definition) is 1. The van der Waals surface area contributed by atoms with Crippen LogP contribution in [-0.2, 0) is 15.6 Å². The van der Waals surface area contributed by atoms with Crippen molar-refractivity contribution in [1.29, 1.82) is 0 Å². The molecule has 0 aliphatic carbocycles. The van der Waals surface area contributed by atoms with Gasteiger partial charge in [-0.2, -0.15) is 0 Å². The molecule has 2 atom stereocenters. The summed E-state index contributed by atoms with van der Waals surface area (Å²) in [6.07, 6.45) is 3.79. The van der Waals surface area contributed by atoms with Crippen molar-refractivity contribution in [1.82, 2.24) is 4.57 Å². The van der Waals surface area contributed by atoms with Crippen LogP contribution in [0, 0.1) is 0 Å². The molecule has 0 fully saturated rings.